The van der Waals surface area contributed by atoms with Gasteiger partial charge in [0, 0.05) is 25.2 Å². The Morgan fingerprint density at radius 1 is 0.895 bits per heavy atom. The normalized spacial score (nSPS) is 17.1. The number of nitrogens with one attached hydrogen (secondary N) is 1. The fourth-order valence-corrected chi connectivity index (χ4v) is 5.71. The molecule has 38 heavy (non-hydrogen) atoms. The minimum atomic E-state index is -0.153. The van der Waals surface area contributed by atoms with Gasteiger partial charge >= 0.3 is 5.69 Å². The van der Waals surface area contributed by atoms with Crippen LogP contribution in [0.3, 0.4) is 0 Å². The lowest BCUT2D eigenvalue weighted by Crippen LogP contribution is -2.40. The molecule has 192 valence electrons. The lowest BCUT2D eigenvalue weighted by Gasteiger charge is -2.37. The van der Waals surface area contributed by atoms with Gasteiger partial charge in [-0.05, 0) is 53.1 Å². The molecule has 1 atom stereocenters. The summed E-state index contributed by atoms with van der Waals surface area (Å²) >= 11 is 0. The maximum absolute atomic E-state index is 12.8. The molecule has 5 aromatic rings. The number of aromatic amines is 1. The number of fused-ring (bicyclic) bond motifs is 2. The molecule has 2 aliphatic heterocycles. The number of ether oxygens (including phenoxy) is 2. The lowest BCUT2D eigenvalue weighted by molar-refractivity contribution is 0.148. The number of hydrogen-bond acceptors (Lipinski definition) is 7. The molecule has 10 nitrogen and oxygen atoms in total. The predicted molar refractivity (Wildman–Crippen MR) is 141 cm³/mol. The van der Waals surface area contributed by atoms with Gasteiger partial charge in [0.15, 0.2) is 17.3 Å². The molecule has 2 aliphatic rings. The zero-order chi connectivity index (χ0) is 25.5. The molecule has 3 aromatic carbocycles. The van der Waals surface area contributed by atoms with Crippen LogP contribution in [0.1, 0.15) is 36.3 Å². The van der Waals surface area contributed by atoms with Gasteiger partial charge in [-0.15, -0.1) is 5.10 Å². The quantitative estimate of drug-likeness (QED) is 0.387. The topological polar surface area (TPSA) is 103 Å². The number of para-hydroxylation sites is 2. The van der Waals surface area contributed by atoms with E-state index < -0.39 is 0 Å². The average Bonchev–Trinajstić information content (AvgIpc) is 3.58. The van der Waals surface area contributed by atoms with Crippen LogP contribution in [-0.4, -0.2) is 61.0 Å². The van der Waals surface area contributed by atoms with E-state index in [2.05, 4.69) is 37.5 Å². The summed E-state index contributed by atoms with van der Waals surface area (Å²) in [6.07, 6.45) is 1.69. The SMILES string of the molecule is O=c1[nH]c2ccccc2n1C1CCN(C(c2ccccc2)c2nnnn2-c2ccc3c(c2)OCCO3)CC1. The van der Waals surface area contributed by atoms with Crippen molar-refractivity contribution in [3.8, 4) is 17.2 Å². The third-order valence-electron chi connectivity index (χ3n) is 7.48. The van der Waals surface area contributed by atoms with Crippen LogP contribution in [0.2, 0.25) is 0 Å². The van der Waals surface area contributed by atoms with Crippen LogP contribution in [0.5, 0.6) is 11.5 Å². The van der Waals surface area contributed by atoms with Crippen molar-refractivity contribution in [3.63, 3.8) is 0 Å². The van der Waals surface area contributed by atoms with Crippen molar-refractivity contribution >= 4 is 11.0 Å². The maximum atomic E-state index is 12.8. The van der Waals surface area contributed by atoms with E-state index in [0.29, 0.717) is 19.0 Å². The first-order valence-electron chi connectivity index (χ1n) is 12.9. The van der Waals surface area contributed by atoms with Gasteiger partial charge in [-0.25, -0.2) is 4.79 Å². The second kappa shape index (κ2) is 9.46. The summed E-state index contributed by atoms with van der Waals surface area (Å²) in [5.41, 5.74) is 3.71. The highest BCUT2D eigenvalue weighted by Gasteiger charge is 2.33. The lowest BCUT2D eigenvalue weighted by atomic mass is 9.98. The largest absolute Gasteiger partial charge is 0.486 e. The molecule has 2 aromatic heterocycles. The summed E-state index contributed by atoms with van der Waals surface area (Å²) in [5, 5.41) is 12.9. The van der Waals surface area contributed by atoms with Crippen molar-refractivity contribution in [2.45, 2.75) is 24.9 Å². The van der Waals surface area contributed by atoms with E-state index in [-0.39, 0.29) is 17.8 Å². The molecule has 0 amide bonds. The zero-order valence-corrected chi connectivity index (χ0v) is 20.7. The van der Waals surface area contributed by atoms with Crippen LogP contribution < -0.4 is 15.2 Å². The summed E-state index contributed by atoms with van der Waals surface area (Å²) < 4.78 is 15.2. The van der Waals surface area contributed by atoms with E-state index in [1.54, 1.807) is 4.68 Å². The Labute approximate surface area is 218 Å². The molecule has 7 rings (SSSR count). The van der Waals surface area contributed by atoms with Crippen LogP contribution in [-0.2, 0) is 0 Å². The van der Waals surface area contributed by atoms with Crippen LogP contribution in [0, 0.1) is 0 Å². The molecule has 10 heteroatoms. The summed E-state index contributed by atoms with van der Waals surface area (Å²) in [6.45, 7) is 2.65. The Bertz CT molecular complexity index is 1630. The van der Waals surface area contributed by atoms with E-state index >= 15 is 0 Å². The van der Waals surface area contributed by atoms with Gasteiger partial charge in [-0.1, -0.05) is 42.5 Å². The minimum absolute atomic E-state index is 0.0492. The summed E-state index contributed by atoms with van der Waals surface area (Å²) in [6, 6.07) is 23.9. The number of aromatic nitrogens is 6. The van der Waals surface area contributed by atoms with Crippen molar-refractivity contribution in [1.29, 1.82) is 0 Å². The fraction of sp³-hybridized carbons (Fsp3) is 0.286. The molecule has 1 unspecified atom stereocenters. The molecule has 4 heterocycles. The highest BCUT2D eigenvalue weighted by molar-refractivity contribution is 5.75. The number of hydrogen-bond donors (Lipinski definition) is 1. The molecule has 0 bridgehead atoms. The second-order valence-electron chi connectivity index (χ2n) is 9.67. The first-order chi connectivity index (χ1) is 18.8. The molecule has 1 fully saturated rings. The standard InChI is InChI=1S/C28H27N7O3/c36-28-29-22-8-4-5-9-23(22)34(28)20-12-14-33(15-13-20)26(19-6-2-1-3-7-19)27-30-31-32-35(27)21-10-11-24-25(18-21)38-17-16-37-24/h1-11,18,20,26H,12-17H2,(H,29,36). The van der Waals surface area contributed by atoms with E-state index in [9.17, 15) is 4.79 Å². The Hall–Kier alpha value is -4.44. The van der Waals surface area contributed by atoms with E-state index in [0.717, 1.165) is 59.8 Å². The van der Waals surface area contributed by atoms with E-state index in [1.165, 1.54) is 0 Å². The van der Waals surface area contributed by atoms with Gasteiger partial charge in [0.2, 0.25) is 0 Å². The first-order valence-corrected chi connectivity index (χ1v) is 12.9. The number of likely N-dealkylation sites (tertiary alicyclic amines) is 1. The predicted octanol–water partition coefficient (Wildman–Crippen LogP) is 3.50. The molecule has 1 N–H and O–H groups in total. The van der Waals surface area contributed by atoms with Crippen molar-refractivity contribution in [3.05, 3.63) is 94.7 Å². The first kappa shape index (κ1) is 22.7. The van der Waals surface area contributed by atoms with Crippen LogP contribution in [0.15, 0.2) is 77.6 Å². The molecule has 0 radical (unpaired) electrons. The molecular formula is C28H27N7O3. The van der Waals surface area contributed by atoms with Gasteiger partial charge in [-0.3, -0.25) is 9.47 Å². The van der Waals surface area contributed by atoms with E-state index in [1.807, 2.05) is 65.2 Å². The van der Waals surface area contributed by atoms with Gasteiger partial charge < -0.3 is 14.5 Å². The van der Waals surface area contributed by atoms with Crippen LogP contribution in [0.4, 0.5) is 0 Å². The molecule has 0 spiro atoms. The van der Waals surface area contributed by atoms with Gasteiger partial charge in [0.1, 0.15) is 13.2 Å². The Morgan fingerprint density at radius 3 is 2.50 bits per heavy atom. The number of H-pyrrole nitrogens is 1. The zero-order valence-electron chi connectivity index (χ0n) is 20.7. The van der Waals surface area contributed by atoms with Gasteiger partial charge in [0.25, 0.3) is 0 Å². The number of rotatable bonds is 5. The highest BCUT2D eigenvalue weighted by atomic mass is 16.6. The number of nitrogens with zero attached hydrogens (tertiary/aromatic N) is 6. The summed E-state index contributed by atoms with van der Waals surface area (Å²) in [4.78, 5) is 18.2. The Kier molecular flexibility index (Phi) is 5.66. The van der Waals surface area contributed by atoms with Crippen molar-refractivity contribution in [2.75, 3.05) is 26.3 Å². The van der Waals surface area contributed by atoms with Gasteiger partial charge in [-0.2, -0.15) is 4.68 Å². The Balaban J connectivity index is 1.21. The van der Waals surface area contributed by atoms with Crippen molar-refractivity contribution in [2.24, 2.45) is 0 Å². The summed E-state index contributed by atoms with van der Waals surface area (Å²) in [7, 11) is 0. The van der Waals surface area contributed by atoms with Crippen LogP contribution >= 0.6 is 0 Å². The smallest absolute Gasteiger partial charge is 0.326 e. The second-order valence-corrected chi connectivity index (χ2v) is 9.67. The van der Waals surface area contributed by atoms with Gasteiger partial charge in [0.05, 0.1) is 22.8 Å². The molecule has 1 saturated heterocycles. The average molecular weight is 510 g/mol. The van der Waals surface area contributed by atoms with Crippen molar-refractivity contribution < 1.29 is 9.47 Å². The monoisotopic (exact) mass is 509 g/mol. The summed E-state index contributed by atoms with van der Waals surface area (Å²) in [5.74, 6) is 2.15. The molecule has 0 saturated carbocycles. The van der Waals surface area contributed by atoms with E-state index in [4.69, 9.17) is 9.47 Å². The number of benzene rings is 3. The Morgan fingerprint density at radius 2 is 1.66 bits per heavy atom. The highest BCUT2D eigenvalue weighted by Crippen LogP contribution is 2.36. The third-order valence-corrected chi connectivity index (χ3v) is 7.48. The number of tetrazole rings is 1. The maximum Gasteiger partial charge on any atom is 0.326 e. The number of piperidine rings is 1. The molecule has 0 aliphatic carbocycles. The molecular weight excluding hydrogens is 482 g/mol. The van der Waals surface area contributed by atoms with Crippen LogP contribution in [0.25, 0.3) is 16.7 Å². The third kappa shape index (κ3) is 3.93. The number of imidazole rings is 1. The minimum Gasteiger partial charge on any atom is -0.486 e. The fourth-order valence-electron chi connectivity index (χ4n) is 5.71. The van der Waals surface area contributed by atoms with Crippen molar-refractivity contribution in [1.82, 2.24) is 34.7 Å².